The summed E-state index contributed by atoms with van der Waals surface area (Å²) in [6, 6.07) is 5.69. The smallest absolute Gasteiger partial charge is 0.264 e. The van der Waals surface area contributed by atoms with Crippen LogP contribution < -0.4 is 4.90 Å². The maximum Gasteiger partial charge on any atom is 0.264 e. The van der Waals surface area contributed by atoms with Crippen LogP contribution in [0.2, 0.25) is 0 Å². The molecule has 0 aliphatic carbocycles. The highest BCUT2D eigenvalue weighted by Crippen LogP contribution is 2.34. The molecule has 1 aliphatic rings. The van der Waals surface area contributed by atoms with Crippen molar-refractivity contribution in [3.05, 3.63) is 52.1 Å². The second-order valence-electron chi connectivity index (χ2n) is 9.01. The molecule has 0 N–H and O–H groups in total. The van der Waals surface area contributed by atoms with Gasteiger partial charge < -0.3 is 14.2 Å². The molecule has 0 spiro atoms. The Morgan fingerprint density at radius 3 is 2.50 bits per heavy atom. The maximum atomic E-state index is 13.5. The van der Waals surface area contributed by atoms with Crippen LogP contribution in [0.5, 0.6) is 0 Å². The van der Waals surface area contributed by atoms with Crippen LogP contribution in [0, 0.1) is 20.8 Å². The zero-order valence-electron chi connectivity index (χ0n) is 20.1. The Hall–Kier alpha value is -3.33. The van der Waals surface area contributed by atoms with Crippen LogP contribution >= 0.6 is 11.3 Å². The van der Waals surface area contributed by atoms with Crippen molar-refractivity contribution in [3.63, 3.8) is 0 Å². The fraction of sp³-hybridized carbons (Fsp3) is 0.400. The van der Waals surface area contributed by atoms with Crippen LogP contribution in [0.25, 0.3) is 21.8 Å². The number of thiophene rings is 1. The van der Waals surface area contributed by atoms with E-state index in [2.05, 4.69) is 28.7 Å². The maximum absolute atomic E-state index is 13.5. The van der Waals surface area contributed by atoms with Gasteiger partial charge in [-0.1, -0.05) is 13.8 Å². The molecule has 8 nitrogen and oxygen atoms in total. The van der Waals surface area contributed by atoms with Crippen molar-refractivity contribution in [2.24, 2.45) is 0 Å². The first kappa shape index (κ1) is 22.5. The van der Waals surface area contributed by atoms with Gasteiger partial charge in [0.2, 0.25) is 0 Å². The Balaban J connectivity index is 1.36. The van der Waals surface area contributed by atoms with E-state index in [1.165, 1.54) is 11.3 Å². The Labute approximate surface area is 202 Å². The number of aromatic nitrogens is 4. The summed E-state index contributed by atoms with van der Waals surface area (Å²) in [5.41, 5.74) is 2.77. The van der Waals surface area contributed by atoms with Gasteiger partial charge in [0, 0.05) is 49.2 Å². The van der Waals surface area contributed by atoms with E-state index in [4.69, 9.17) is 14.4 Å². The molecule has 4 aromatic heterocycles. The fourth-order valence-electron chi connectivity index (χ4n) is 4.34. The summed E-state index contributed by atoms with van der Waals surface area (Å²) in [4.78, 5) is 37.8. The number of furan rings is 1. The Morgan fingerprint density at radius 2 is 1.82 bits per heavy atom. The van der Waals surface area contributed by atoms with Crippen LogP contribution in [-0.2, 0) is 0 Å². The van der Waals surface area contributed by atoms with E-state index in [0.717, 1.165) is 56.8 Å². The van der Waals surface area contributed by atoms with Crippen LogP contribution in [-0.4, -0.2) is 56.9 Å². The largest absolute Gasteiger partial charge is 0.461 e. The highest BCUT2D eigenvalue weighted by molar-refractivity contribution is 7.20. The van der Waals surface area contributed by atoms with Crippen molar-refractivity contribution in [3.8, 4) is 11.6 Å². The number of hydrogen-bond donors (Lipinski definition) is 0. The molecule has 34 heavy (non-hydrogen) atoms. The number of piperazine rings is 1. The van der Waals surface area contributed by atoms with Crippen molar-refractivity contribution >= 4 is 33.3 Å². The monoisotopic (exact) mass is 476 g/mol. The molecular weight excluding hydrogens is 448 g/mol. The first-order valence-electron chi connectivity index (χ1n) is 11.5. The number of anilines is 1. The van der Waals surface area contributed by atoms with E-state index >= 15 is 0 Å². The molecule has 176 valence electrons. The van der Waals surface area contributed by atoms with Gasteiger partial charge in [-0.15, -0.1) is 11.3 Å². The molecule has 4 aromatic rings. The SMILES string of the molecule is Cc1cc(N2CCN(C(=O)c3sc4nc(-c5ccco5)nc(C)c4c3C)CC2)nc(C(C)C)n1. The molecule has 0 aromatic carbocycles. The zero-order valence-corrected chi connectivity index (χ0v) is 20.9. The number of nitrogens with zero attached hydrogens (tertiary/aromatic N) is 6. The van der Waals surface area contributed by atoms with Crippen molar-refractivity contribution < 1.29 is 9.21 Å². The number of amides is 1. The number of carbonyl (C=O) groups is 1. The summed E-state index contributed by atoms with van der Waals surface area (Å²) in [7, 11) is 0. The van der Waals surface area contributed by atoms with Gasteiger partial charge in [0.25, 0.3) is 5.91 Å². The second kappa shape index (κ2) is 8.79. The quantitative estimate of drug-likeness (QED) is 0.420. The number of aryl methyl sites for hydroxylation is 3. The van der Waals surface area contributed by atoms with Gasteiger partial charge in [0.05, 0.1) is 16.8 Å². The molecule has 1 aliphatic heterocycles. The highest BCUT2D eigenvalue weighted by atomic mass is 32.1. The summed E-state index contributed by atoms with van der Waals surface area (Å²) in [5.74, 6) is 3.31. The predicted octanol–water partition coefficient (Wildman–Crippen LogP) is 4.75. The molecule has 1 amide bonds. The third-order valence-corrected chi connectivity index (χ3v) is 7.35. The van der Waals surface area contributed by atoms with Crippen molar-refractivity contribution in [1.82, 2.24) is 24.8 Å². The van der Waals surface area contributed by atoms with Gasteiger partial charge >= 0.3 is 0 Å². The van der Waals surface area contributed by atoms with E-state index in [9.17, 15) is 4.79 Å². The van der Waals surface area contributed by atoms with Gasteiger partial charge in [0.15, 0.2) is 11.6 Å². The average molecular weight is 477 g/mol. The minimum absolute atomic E-state index is 0.0563. The van der Waals surface area contributed by atoms with Gasteiger partial charge in [0.1, 0.15) is 16.5 Å². The first-order valence-corrected chi connectivity index (χ1v) is 12.3. The molecule has 0 saturated carbocycles. The van der Waals surface area contributed by atoms with Crippen LogP contribution in [0.1, 0.15) is 52.2 Å². The van der Waals surface area contributed by atoms with Gasteiger partial charge in [-0.05, 0) is 38.5 Å². The predicted molar refractivity (Wildman–Crippen MR) is 134 cm³/mol. The molecule has 5 heterocycles. The topological polar surface area (TPSA) is 88.2 Å². The Morgan fingerprint density at radius 1 is 1.06 bits per heavy atom. The molecule has 0 radical (unpaired) electrons. The summed E-state index contributed by atoms with van der Waals surface area (Å²) in [6.45, 7) is 12.9. The Kier molecular flexibility index (Phi) is 5.81. The molecular formula is C25H28N6O2S. The molecule has 0 atom stereocenters. The Bertz CT molecular complexity index is 1350. The highest BCUT2D eigenvalue weighted by Gasteiger charge is 2.27. The fourth-order valence-corrected chi connectivity index (χ4v) is 5.54. The van der Waals surface area contributed by atoms with Gasteiger partial charge in [-0.25, -0.2) is 19.9 Å². The number of hydrogen-bond acceptors (Lipinski definition) is 8. The molecule has 9 heteroatoms. The second-order valence-corrected chi connectivity index (χ2v) is 10.0. The van der Waals surface area contributed by atoms with Gasteiger partial charge in [-0.3, -0.25) is 4.79 Å². The van der Waals surface area contributed by atoms with Crippen molar-refractivity contribution in [2.45, 2.75) is 40.5 Å². The number of fused-ring (bicyclic) bond motifs is 1. The molecule has 0 bridgehead atoms. The lowest BCUT2D eigenvalue weighted by atomic mass is 10.1. The lowest BCUT2D eigenvalue weighted by Crippen LogP contribution is -2.49. The van der Waals surface area contributed by atoms with E-state index in [1.807, 2.05) is 43.9 Å². The summed E-state index contributed by atoms with van der Waals surface area (Å²) < 4.78 is 5.47. The molecule has 0 unspecified atom stereocenters. The lowest BCUT2D eigenvalue weighted by molar-refractivity contribution is 0.0751. The van der Waals surface area contributed by atoms with Crippen molar-refractivity contribution in [2.75, 3.05) is 31.1 Å². The molecule has 1 fully saturated rings. The van der Waals surface area contributed by atoms with Crippen molar-refractivity contribution in [1.29, 1.82) is 0 Å². The third kappa shape index (κ3) is 4.04. The summed E-state index contributed by atoms with van der Waals surface area (Å²) in [5, 5.41) is 0.958. The third-order valence-electron chi connectivity index (χ3n) is 6.17. The first-order chi connectivity index (χ1) is 16.3. The van der Waals surface area contributed by atoms with Crippen LogP contribution in [0.3, 0.4) is 0 Å². The average Bonchev–Trinajstić information content (AvgIpc) is 3.47. The minimum Gasteiger partial charge on any atom is -0.461 e. The number of carbonyl (C=O) groups excluding carboxylic acids is 1. The summed E-state index contributed by atoms with van der Waals surface area (Å²) in [6.07, 6.45) is 1.61. The number of rotatable bonds is 4. The zero-order chi connectivity index (χ0) is 24.0. The van der Waals surface area contributed by atoms with E-state index in [1.54, 1.807) is 6.26 Å². The normalized spacial score (nSPS) is 14.4. The van der Waals surface area contributed by atoms with Gasteiger partial charge in [-0.2, -0.15) is 0 Å². The lowest BCUT2D eigenvalue weighted by Gasteiger charge is -2.35. The van der Waals surface area contributed by atoms with Crippen LogP contribution in [0.4, 0.5) is 5.82 Å². The summed E-state index contributed by atoms with van der Waals surface area (Å²) >= 11 is 1.44. The van der Waals surface area contributed by atoms with Crippen LogP contribution in [0.15, 0.2) is 28.9 Å². The minimum atomic E-state index is 0.0563. The van der Waals surface area contributed by atoms with E-state index < -0.39 is 0 Å². The van der Waals surface area contributed by atoms with E-state index in [0.29, 0.717) is 24.7 Å². The molecule has 1 saturated heterocycles. The standard InChI is InChI=1S/C25H28N6O2S/c1-14(2)22-26-15(3)13-19(28-22)30-8-10-31(11-9-30)25(32)21-16(4)20-17(5)27-23(29-24(20)34-21)18-7-6-12-33-18/h6-7,12-14H,8-11H2,1-5H3. The van der Waals surface area contributed by atoms with E-state index in [-0.39, 0.29) is 11.8 Å². The molecule has 5 rings (SSSR count).